The van der Waals surface area contributed by atoms with Crippen molar-refractivity contribution in [2.75, 3.05) is 12.8 Å². The van der Waals surface area contributed by atoms with Crippen LogP contribution >= 0.6 is 7.37 Å². The van der Waals surface area contributed by atoms with Crippen LogP contribution in [0.3, 0.4) is 0 Å². The van der Waals surface area contributed by atoms with Gasteiger partial charge in [0.1, 0.15) is 0 Å². The largest absolute Gasteiger partial charge is 0.450 e. The average Bonchev–Trinajstić information content (AvgIpc) is 2.78. The number of amides is 1. The van der Waals surface area contributed by atoms with Gasteiger partial charge < -0.3 is 14.9 Å². The van der Waals surface area contributed by atoms with Crippen molar-refractivity contribution in [3.05, 3.63) is 11.4 Å². The predicted molar refractivity (Wildman–Crippen MR) is 75.5 cm³/mol. The van der Waals surface area contributed by atoms with Gasteiger partial charge in [-0.1, -0.05) is 26.3 Å². The van der Waals surface area contributed by atoms with Crippen LogP contribution in [-0.4, -0.2) is 29.8 Å². The van der Waals surface area contributed by atoms with Crippen LogP contribution in [0.4, 0.5) is 4.79 Å². The SMILES string of the molecule is CCCCOC(=O)NC1C=C(P(=O)(O)CCC)CC1. The summed E-state index contributed by atoms with van der Waals surface area (Å²) in [6, 6.07) is -0.179. The van der Waals surface area contributed by atoms with Gasteiger partial charge in [-0.15, -0.1) is 0 Å². The molecule has 0 heterocycles. The van der Waals surface area contributed by atoms with Crippen LogP contribution < -0.4 is 5.32 Å². The fourth-order valence-electron chi connectivity index (χ4n) is 2.06. The van der Waals surface area contributed by atoms with Gasteiger partial charge in [-0.05, 0) is 25.7 Å². The third kappa shape index (κ3) is 5.37. The van der Waals surface area contributed by atoms with E-state index in [-0.39, 0.29) is 6.04 Å². The normalized spacial score (nSPS) is 21.6. The van der Waals surface area contributed by atoms with E-state index in [0.29, 0.717) is 37.3 Å². The quantitative estimate of drug-likeness (QED) is 0.557. The minimum atomic E-state index is -3.18. The summed E-state index contributed by atoms with van der Waals surface area (Å²) in [7, 11) is -3.18. The minimum Gasteiger partial charge on any atom is -0.450 e. The first-order valence-corrected chi connectivity index (χ1v) is 8.80. The van der Waals surface area contributed by atoms with Gasteiger partial charge in [0.2, 0.25) is 7.37 Å². The number of unbranched alkanes of at least 4 members (excludes halogenated alkanes) is 1. The standard InChI is InChI=1S/C13H24NO4P/c1-3-5-8-18-13(15)14-11-6-7-12(10-11)19(16,17)9-4-2/h10-11H,3-9H2,1-2H3,(H,14,15)(H,16,17). The lowest BCUT2D eigenvalue weighted by Crippen LogP contribution is -2.32. The molecule has 0 saturated heterocycles. The maximum Gasteiger partial charge on any atom is 0.407 e. The summed E-state index contributed by atoms with van der Waals surface area (Å²) in [6.45, 7) is 4.33. The number of rotatable bonds is 7. The van der Waals surface area contributed by atoms with Crippen LogP contribution in [0, 0.1) is 0 Å². The summed E-state index contributed by atoms with van der Waals surface area (Å²) in [5.74, 6) is 0. The van der Waals surface area contributed by atoms with E-state index in [0.717, 1.165) is 12.8 Å². The zero-order valence-corrected chi connectivity index (χ0v) is 12.6. The molecule has 0 aromatic rings. The maximum atomic E-state index is 12.0. The molecule has 2 unspecified atom stereocenters. The number of ether oxygens (including phenoxy) is 1. The van der Waals surface area contributed by atoms with E-state index in [1.54, 1.807) is 6.08 Å². The lowest BCUT2D eigenvalue weighted by atomic mass is 10.3. The molecule has 5 nitrogen and oxygen atoms in total. The Morgan fingerprint density at radius 2 is 2.26 bits per heavy atom. The molecule has 2 atom stereocenters. The summed E-state index contributed by atoms with van der Waals surface area (Å²) in [5.41, 5.74) is 0. The number of nitrogens with one attached hydrogen (secondary N) is 1. The highest BCUT2D eigenvalue weighted by Crippen LogP contribution is 2.54. The Balaban J connectivity index is 2.44. The molecule has 1 rings (SSSR count). The highest BCUT2D eigenvalue weighted by molar-refractivity contribution is 7.62. The second-order valence-corrected chi connectivity index (χ2v) is 7.29. The van der Waals surface area contributed by atoms with Gasteiger partial charge in [-0.2, -0.15) is 0 Å². The molecular weight excluding hydrogens is 265 g/mol. The summed E-state index contributed by atoms with van der Waals surface area (Å²) in [6.07, 6.45) is 5.35. The van der Waals surface area contributed by atoms with Gasteiger partial charge in [-0.25, -0.2) is 4.79 Å². The fourth-order valence-corrected chi connectivity index (χ4v) is 3.84. The van der Waals surface area contributed by atoms with Crippen molar-refractivity contribution >= 4 is 13.5 Å². The van der Waals surface area contributed by atoms with Crippen molar-refractivity contribution in [3.63, 3.8) is 0 Å². The molecule has 110 valence electrons. The molecule has 19 heavy (non-hydrogen) atoms. The van der Waals surface area contributed by atoms with E-state index < -0.39 is 13.5 Å². The molecule has 0 bridgehead atoms. The molecule has 0 saturated carbocycles. The summed E-state index contributed by atoms with van der Waals surface area (Å²) >= 11 is 0. The summed E-state index contributed by atoms with van der Waals surface area (Å²) in [5, 5.41) is 3.30. The van der Waals surface area contributed by atoms with E-state index in [1.165, 1.54) is 0 Å². The van der Waals surface area contributed by atoms with Gasteiger partial charge in [0, 0.05) is 11.5 Å². The highest BCUT2D eigenvalue weighted by atomic mass is 31.2. The van der Waals surface area contributed by atoms with Crippen LogP contribution in [-0.2, 0) is 9.30 Å². The maximum absolute atomic E-state index is 12.0. The molecular formula is C13H24NO4P. The van der Waals surface area contributed by atoms with Crippen LogP contribution in [0.5, 0.6) is 0 Å². The number of hydrogen-bond donors (Lipinski definition) is 2. The van der Waals surface area contributed by atoms with E-state index in [2.05, 4.69) is 5.32 Å². The zero-order chi connectivity index (χ0) is 14.3. The first kappa shape index (κ1) is 16.3. The van der Waals surface area contributed by atoms with Crippen LogP contribution in [0.25, 0.3) is 0 Å². The molecule has 0 aromatic carbocycles. The Morgan fingerprint density at radius 1 is 1.53 bits per heavy atom. The first-order valence-electron chi connectivity index (χ1n) is 6.96. The Kier molecular flexibility index (Phi) is 6.59. The van der Waals surface area contributed by atoms with Crippen molar-refractivity contribution in [1.29, 1.82) is 0 Å². The fraction of sp³-hybridized carbons (Fsp3) is 0.769. The molecule has 0 aliphatic heterocycles. The van der Waals surface area contributed by atoms with E-state index in [9.17, 15) is 14.3 Å². The van der Waals surface area contributed by atoms with E-state index in [1.807, 2.05) is 13.8 Å². The molecule has 2 N–H and O–H groups in total. The third-order valence-corrected chi connectivity index (χ3v) is 5.44. The van der Waals surface area contributed by atoms with Crippen LogP contribution in [0.2, 0.25) is 0 Å². The van der Waals surface area contributed by atoms with Crippen LogP contribution in [0.1, 0.15) is 46.0 Å². The lowest BCUT2D eigenvalue weighted by molar-refractivity contribution is 0.142. The van der Waals surface area contributed by atoms with Crippen LogP contribution in [0.15, 0.2) is 11.4 Å². The summed E-state index contributed by atoms with van der Waals surface area (Å²) in [4.78, 5) is 21.3. The van der Waals surface area contributed by atoms with Crippen molar-refractivity contribution in [3.8, 4) is 0 Å². The highest BCUT2D eigenvalue weighted by Gasteiger charge is 2.29. The Morgan fingerprint density at radius 3 is 2.89 bits per heavy atom. The Hall–Kier alpha value is -0.800. The van der Waals surface area contributed by atoms with E-state index >= 15 is 0 Å². The molecule has 1 aliphatic carbocycles. The molecule has 0 radical (unpaired) electrons. The number of allylic oxidation sites excluding steroid dienone is 1. The molecule has 6 heteroatoms. The van der Waals surface area contributed by atoms with Crippen molar-refractivity contribution in [2.45, 2.75) is 52.0 Å². The average molecular weight is 289 g/mol. The second-order valence-electron chi connectivity index (χ2n) is 4.86. The van der Waals surface area contributed by atoms with Gasteiger partial charge in [0.05, 0.1) is 12.6 Å². The van der Waals surface area contributed by atoms with Gasteiger partial charge >= 0.3 is 6.09 Å². The van der Waals surface area contributed by atoms with Crippen molar-refractivity contribution < 1.29 is 19.0 Å². The predicted octanol–water partition coefficient (Wildman–Crippen LogP) is 3.24. The first-order chi connectivity index (χ1) is 8.99. The molecule has 0 aromatic heterocycles. The molecule has 0 spiro atoms. The van der Waals surface area contributed by atoms with Crippen molar-refractivity contribution in [2.24, 2.45) is 0 Å². The topological polar surface area (TPSA) is 75.6 Å². The second kappa shape index (κ2) is 7.71. The van der Waals surface area contributed by atoms with Crippen molar-refractivity contribution in [1.82, 2.24) is 5.32 Å². The zero-order valence-electron chi connectivity index (χ0n) is 11.7. The smallest absolute Gasteiger partial charge is 0.407 e. The summed E-state index contributed by atoms with van der Waals surface area (Å²) < 4.78 is 17.0. The number of carbonyl (C=O) groups excluding carboxylic acids is 1. The number of hydrogen-bond acceptors (Lipinski definition) is 3. The molecule has 1 amide bonds. The van der Waals surface area contributed by atoms with Gasteiger partial charge in [0.15, 0.2) is 0 Å². The van der Waals surface area contributed by atoms with E-state index in [4.69, 9.17) is 4.74 Å². The lowest BCUT2D eigenvalue weighted by Gasteiger charge is -2.11. The molecule has 0 fully saturated rings. The van der Waals surface area contributed by atoms with Gasteiger partial charge in [-0.3, -0.25) is 4.57 Å². The third-order valence-electron chi connectivity index (χ3n) is 3.11. The Labute approximate surface area is 114 Å². The molecule has 1 aliphatic rings. The number of alkyl carbamates (subject to hydrolysis) is 1. The minimum absolute atomic E-state index is 0.179. The number of carbonyl (C=O) groups is 1. The Bertz CT molecular complexity index is 381. The van der Waals surface area contributed by atoms with Gasteiger partial charge in [0.25, 0.3) is 0 Å². The monoisotopic (exact) mass is 289 g/mol.